The Labute approximate surface area is 104 Å². The fourth-order valence-electron chi connectivity index (χ4n) is 1.75. The summed E-state index contributed by atoms with van der Waals surface area (Å²) in [6.07, 6.45) is 10.1. The summed E-state index contributed by atoms with van der Waals surface area (Å²) in [4.78, 5) is 0. The van der Waals surface area contributed by atoms with Gasteiger partial charge in [0.15, 0.2) is 0 Å². The van der Waals surface area contributed by atoms with Crippen LogP contribution < -0.4 is 10.5 Å². The summed E-state index contributed by atoms with van der Waals surface area (Å²) < 4.78 is 5.12. The Kier molecular flexibility index (Phi) is 6.21. The van der Waals surface area contributed by atoms with Crippen LogP contribution in [0.25, 0.3) is 0 Å². The first-order valence-electron chi connectivity index (χ1n) is 6.08. The van der Waals surface area contributed by atoms with Crippen molar-refractivity contribution in [1.82, 2.24) is 0 Å². The van der Waals surface area contributed by atoms with Crippen molar-refractivity contribution in [2.45, 2.75) is 38.1 Å². The van der Waals surface area contributed by atoms with E-state index >= 15 is 0 Å². The standard InChI is InChI=1S/C15H21NO/c1-3-4-5-6-14(16)10-7-13-8-11-15(17-2)12-9-13/h1,8-9,11-12,14H,4-7,10,16H2,2H3. The molecule has 1 rings (SSSR count). The van der Waals surface area contributed by atoms with Crippen molar-refractivity contribution < 1.29 is 4.74 Å². The Morgan fingerprint density at radius 2 is 2.00 bits per heavy atom. The predicted molar refractivity (Wildman–Crippen MR) is 72.0 cm³/mol. The number of ether oxygens (including phenoxy) is 1. The molecule has 17 heavy (non-hydrogen) atoms. The molecule has 0 aliphatic rings. The molecular weight excluding hydrogens is 210 g/mol. The van der Waals surface area contributed by atoms with Crippen molar-refractivity contribution in [2.24, 2.45) is 5.73 Å². The van der Waals surface area contributed by atoms with Gasteiger partial charge in [0.25, 0.3) is 0 Å². The number of nitrogens with two attached hydrogens (primary N) is 1. The van der Waals surface area contributed by atoms with Crippen molar-refractivity contribution in [2.75, 3.05) is 7.11 Å². The van der Waals surface area contributed by atoms with Crippen LogP contribution in [0.1, 0.15) is 31.2 Å². The van der Waals surface area contributed by atoms with Gasteiger partial charge in [0.1, 0.15) is 5.75 Å². The molecule has 0 fully saturated rings. The van der Waals surface area contributed by atoms with Gasteiger partial charge in [0, 0.05) is 12.5 Å². The maximum atomic E-state index is 6.03. The molecule has 1 atom stereocenters. The molecular formula is C15H21NO. The molecule has 2 N–H and O–H groups in total. The van der Waals surface area contributed by atoms with Crippen molar-refractivity contribution in [3.8, 4) is 18.1 Å². The third-order valence-electron chi connectivity index (χ3n) is 2.86. The summed E-state index contributed by atoms with van der Waals surface area (Å²) in [7, 11) is 1.68. The second kappa shape index (κ2) is 7.76. The van der Waals surface area contributed by atoms with Crippen LogP contribution in [-0.2, 0) is 6.42 Å². The van der Waals surface area contributed by atoms with Crippen molar-refractivity contribution >= 4 is 0 Å². The van der Waals surface area contributed by atoms with Crippen molar-refractivity contribution in [1.29, 1.82) is 0 Å². The van der Waals surface area contributed by atoms with Crippen LogP contribution >= 0.6 is 0 Å². The van der Waals surface area contributed by atoms with Gasteiger partial charge in [-0.2, -0.15) is 0 Å². The topological polar surface area (TPSA) is 35.2 Å². The first-order valence-corrected chi connectivity index (χ1v) is 6.08. The van der Waals surface area contributed by atoms with Gasteiger partial charge in [-0.15, -0.1) is 12.3 Å². The fraction of sp³-hybridized carbons (Fsp3) is 0.467. The number of unbranched alkanes of at least 4 members (excludes halogenated alkanes) is 1. The smallest absolute Gasteiger partial charge is 0.118 e. The van der Waals surface area contributed by atoms with Gasteiger partial charge >= 0.3 is 0 Å². The maximum Gasteiger partial charge on any atom is 0.118 e. The third kappa shape index (κ3) is 5.42. The molecule has 0 heterocycles. The highest BCUT2D eigenvalue weighted by atomic mass is 16.5. The van der Waals surface area contributed by atoms with Gasteiger partial charge in [-0.25, -0.2) is 0 Å². The first-order chi connectivity index (χ1) is 8.26. The molecule has 2 nitrogen and oxygen atoms in total. The zero-order chi connectivity index (χ0) is 12.5. The lowest BCUT2D eigenvalue weighted by Crippen LogP contribution is -2.20. The molecule has 0 amide bonds. The highest BCUT2D eigenvalue weighted by molar-refractivity contribution is 5.27. The van der Waals surface area contributed by atoms with Gasteiger partial charge in [-0.1, -0.05) is 12.1 Å². The molecule has 0 saturated carbocycles. The van der Waals surface area contributed by atoms with E-state index in [0.717, 1.165) is 37.9 Å². The monoisotopic (exact) mass is 231 g/mol. The molecule has 1 aromatic carbocycles. The lowest BCUT2D eigenvalue weighted by atomic mass is 10.0. The van der Waals surface area contributed by atoms with Crippen LogP contribution in [0.15, 0.2) is 24.3 Å². The summed E-state index contributed by atoms with van der Waals surface area (Å²) in [5, 5.41) is 0. The van der Waals surface area contributed by atoms with E-state index < -0.39 is 0 Å². The van der Waals surface area contributed by atoms with E-state index in [-0.39, 0.29) is 6.04 Å². The third-order valence-corrected chi connectivity index (χ3v) is 2.86. The SMILES string of the molecule is C#CCCCC(N)CCc1ccc(OC)cc1. The van der Waals surface area contributed by atoms with E-state index in [1.165, 1.54) is 5.56 Å². The number of hydrogen-bond donors (Lipinski definition) is 1. The highest BCUT2D eigenvalue weighted by Gasteiger charge is 2.03. The molecule has 2 heteroatoms. The molecule has 1 unspecified atom stereocenters. The number of methoxy groups -OCH3 is 1. The Balaban J connectivity index is 2.27. The minimum atomic E-state index is 0.255. The second-order valence-electron chi connectivity index (χ2n) is 4.24. The van der Waals surface area contributed by atoms with Crippen LogP contribution in [0, 0.1) is 12.3 Å². The molecule has 0 aliphatic carbocycles. The Bertz CT molecular complexity index is 350. The van der Waals surface area contributed by atoms with Crippen LogP contribution in [0.3, 0.4) is 0 Å². The lowest BCUT2D eigenvalue weighted by Gasteiger charge is -2.10. The first kappa shape index (κ1) is 13.6. The van der Waals surface area contributed by atoms with Crippen LogP contribution in [-0.4, -0.2) is 13.2 Å². The van der Waals surface area contributed by atoms with Crippen molar-refractivity contribution in [3.63, 3.8) is 0 Å². The Hall–Kier alpha value is -1.46. The largest absolute Gasteiger partial charge is 0.497 e. The van der Waals surface area contributed by atoms with E-state index in [1.54, 1.807) is 7.11 Å². The molecule has 0 saturated heterocycles. The second-order valence-corrected chi connectivity index (χ2v) is 4.24. The predicted octanol–water partition coefficient (Wildman–Crippen LogP) is 2.76. The summed E-state index contributed by atoms with van der Waals surface area (Å²) in [6, 6.07) is 8.41. The van der Waals surface area contributed by atoms with Gasteiger partial charge < -0.3 is 10.5 Å². The minimum absolute atomic E-state index is 0.255. The normalized spacial score (nSPS) is 11.8. The summed E-state index contributed by atoms with van der Waals surface area (Å²) >= 11 is 0. The lowest BCUT2D eigenvalue weighted by molar-refractivity contribution is 0.414. The minimum Gasteiger partial charge on any atom is -0.497 e. The van der Waals surface area contributed by atoms with Crippen molar-refractivity contribution in [3.05, 3.63) is 29.8 Å². The van der Waals surface area contributed by atoms with Crippen LogP contribution in [0.2, 0.25) is 0 Å². The quantitative estimate of drug-likeness (QED) is 0.578. The molecule has 1 aromatic rings. The Morgan fingerprint density at radius 3 is 2.59 bits per heavy atom. The Morgan fingerprint density at radius 1 is 1.29 bits per heavy atom. The highest BCUT2D eigenvalue weighted by Crippen LogP contribution is 2.13. The van der Waals surface area contributed by atoms with Gasteiger partial charge in [-0.3, -0.25) is 0 Å². The van der Waals surface area contributed by atoms with E-state index in [9.17, 15) is 0 Å². The number of benzene rings is 1. The number of aryl methyl sites for hydroxylation is 1. The average Bonchev–Trinajstić information content (AvgIpc) is 2.37. The molecule has 0 bridgehead atoms. The summed E-state index contributed by atoms with van der Waals surface area (Å²) in [5.41, 5.74) is 7.33. The number of rotatable bonds is 7. The van der Waals surface area contributed by atoms with Gasteiger partial charge in [0.2, 0.25) is 0 Å². The molecule has 0 aromatic heterocycles. The van der Waals surface area contributed by atoms with Gasteiger partial charge in [0.05, 0.1) is 7.11 Å². The molecule has 92 valence electrons. The van der Waals surface area contributed by atoms with Crippen LogP contribution in [0.5, 0.6) is 5.75 Å². The van der Waals surface area contributed by atoms with Crippen LogP contribution in [0.4, 0.5) is 0 Å². The summed E-state index contributed by atoms with van der Waals surface area (Å²) in [6.45, 7) is 0. The number of terminal acetylenes is 1. The zero-order valence-corrected chi connectivity index (χ0v) is 10.5. The van der Waals surface area contributed by atoms with Gasteiger partial charge in [-0.05, 0) is 43.4 Å². The average molecular weight is 231 g/mol. The van der Waals surface area contributed by atoms with E-state index in [4.69, 9.17) is 16.9 Å². The fourth-order valence-corrected chi connectivity index (χ4v) is 1.75. The molecule has 0 aliphatic heterocycles. The van der Waals surface area contributed by atoms with E-state index in [0.29, 0.717) is 0 Å². The summed E-state index contributed by atoms with van der Waals surface area (Å²) in [5.74, 6) is 3.54. The molecule has 0 spiro atoms. The zero-order valence-electron chi connectivity index (χ0n) is 10.5. The molecule has 0 radical (unpaired) electrons. The number of hydrogen-bond acceptors (Lipinski definition) is 2. The van der Waals surface area contributed by atoms with E-state index in [2.05, 4.69) is 18.1 Å². The maximum absolute atomic E-state index is 6.03. The van der Waals surface area contributed by atoms with E-state index in [1.807, 2.05) is 12.1 Å².